The molecule has 4 aliphatic carbocycles. The molecule has 6 N–H and O–H groups in total. The molecule has 9 heteroatoms. The molecule has 4 saturated carbocycles. The molecule has 0 unspecified atom stereocenters. The van der Waals surface area contributed by atoms with Gasteiger partial charge < -0.3 is 31.4 Å². The largest absolute Gasteiger partial charge is 0.461 e. The second-order valence-corrected chi connectivity index (χ2v) is 13.6. The quantitative estimate of drug-likeness (QED) is 0.268. The first-order chi connectivity index (χ1) is 19.0. The average Bonchev–Trinajstić information content (AvgIpc) is 3.30. The molecule has 0 heterocycles. The summed E-state index contributed by atoms with van der Waals surface area (Å²) in [5.41, 5.74) is 16.7. The maximum absolute atomic E-state index is 12.7. The molecule has 0 spiro atoms. The van der Waals surface area contributed by atoms with Crippen molar-refractivity contribution in [3.05, 3.63) is 0 Å². The molecule has 228 valence electrons. The van der Waals surface area contributed by atoms with Crippen LogP contribution < -0.4 is 17.2 Å². The molecule has 0 aromatic heterocycles. The topological polar surface area (TPSA) is 157 Å². The van der Waals surface area contributed by atoms with Crippen LogP contribution in [-0.2, 0) is 28.6 Å². The van der Waals surface area contributed by atoms with Crippen molar-refractivity contribution in [2.24, 2.45) is 63.5 Å². The minimum absolute atomic E-state index is 0.0530. The Morgan fingerprint density at radius 2 is 1.50 bits per heavy atom. The second-order valence-electron chi connectivity index (χ2n) is 13.6. The van der Waals surface area contributed by atoms with Gasteiger partial charge in [-0.25, -0.2) is 0 Å². The third-order valence-corrected chi connectivity index (χ3v) is 11.8. The predicted octanol–water partition coefficient (Wildman–Crippen LogP) is 3.30. The van der Waals surface area contributed by atoms with Gasteiger partial charge in [-0.05, 0) is 80.0 Å². The summed E-state index contributed by atoms with van der Waals surface area (Å²) in [4.78, 5) is 37.3. The lowest BCUT2D eigenvalue weighted by molar-refractivity contribution is -0.225. The van der Waals surface area contributed by atoms with Gasteiger partial charge in [0, 0.05) is 11.3 Å². The molecular weight excluding hydrogens is 510 g/mol. The van der Waals surface area contributed by atoms with Gasteiger partial charge in [-0.15, -0.1) is 0 Å². The SMILES string of the molecule is CCCC[C@@H](C)[C@H]1CC[C@H]2[C@@H]3[C@H](OC(=O)CN)C[C@@H]4C[C@H](OC(=O)CN)CC[C@]4(C)[C@H]3C[C@H](OC(=O)CN)[C@]12C. The van der Waals surface area contributed by atoms with Crippen LogP contribution in [0.25, 0.3) is 0 Å². The monoisotopic (exact) mass is 563 g/mol. The zero-order valence-electron chi connectivity index (χ0n) is 25.1. The van der Waals surface area contributed by atoms with Gasteiger partial charge in [-0.3, -0.25) is 14.4 Å². The lowest BCUT2D eigenvalue weighted by Crippen LogP contribution is -2.63. The van der Waals surface area contributed by atoms with Crippen LogP contribution in [-0.4, -0.2) is 55.9 Å². The van der Waals surface area contributed by atoms with E-state index in [0.29, 0.717) is 18.3 Å². The van der Waals surface area contributed by atoms with Gasteiger partial charge in [-0.1, -0.05) is 47.0 Å². The highest BCUT2D eigenvalue weighted by Crippen LogP contribution is 2.69. The third-order valence-electron chi connectivity index (χ3n) is 11.8. The van der Waals surface area contributed by atoms with Crippen LogP contribution in [0.5, 0.6) is 0 Å². The minimum atomic E-state index is -0.384. The van der Waals surface area contributed by atoms with Crippen molar-refractivity contribution >= 4 is 17.9 Å². The summed E-state index contributed by atoms with van der Waals surface area (Å²) in [6, 6.07) is 0. The number of unbranched alkanes of at least 4 members (excludes halogenated alkanes) is 1. The summed E-state index contributed by atoms with van der Waals surface area (Å²) in [6.07, 6.45) is 8.79. The molecule has 0 aromatic rings. The smallest absolute Gasteiger partial charge is 0.319 e. The van der Waals surface area contributed by atoms with Crippen LogP contribution in [0.1, 0.15) is 91.9 Å². The van der Waals surface area contributed by atoms with E-state index < -0.39 is 0 Å². The lowest BCUT2D eigenvalue weighted by atomic mass is 9.43. The average molecular weight is 564 g/mol. The third kappa shape index (κ3) is 5.67. The number of fused-ring (bicyclic) bond motifs is 5. The van der Waals surface area contributed by atoms with Crippen LogP contribution in [0.15, 0.2) is 0 Å². The van der Waals surface area contributed by atoms with E-state index >= 15 is 0 Å². The van der Waals surface area contributed by atoms with Gasteiger partial charge in [0.1, 0.15) is 18.3 Å². The predicted molar refractivity (Wildman–Crippen MR) is 151 cm³/mol. The Morgan fingerprint density at radius 1 is 0.850 bits per heavy atom. The number of carbonyl (C=O) groups excluding carboxylic acids is 3. The van der Waals surface area contributed by atoms with E-state index in [-0.39, 0.29) is 90.4 Å². The Bertz CT molecular complexity index is 931. The highest BCUT2D eigenvalue weighted by molar-refractivity contribution is 5.72. The Hall–Kier alpha value is -1.71. The van der Waals surface area contributed by atoms with Crippen molar-refractivity contribution < 1.29 is 28.6 Å². The van der Waals surface area contributed by atoms with E-state index in [4.69, 9.17) is 31.4 Å². The first kappa shape index (κ1) is 31.2. The highest BCUT2D eigenvalue weighted by Gasteiger charge is 2.67. The molecule has 0 bridgehead atoms. The van der Waals surface area contributed by atoms with Crippen molar-refractivity contribution in [1.82, 2.24) is 0 Å². The number of hydrogen-bond donors (Lipinski definition) is 3. The summed E-state index contributed by atoms with van der Waals surface area (Å²) in [5, 5.41) is 0. The Morgan fingerprint density at radius 3 is 2.15 bits per heavy atom. The van der Waals surface area contributed by atoms with Gasteiger partial charge in [0.2, 0.25) is 0 Å². The van der Waals surface area contributed by atoms with Crippen molar-refractivity contribution in [3.8, 4) is 0 Å². The summed E-state index contributed by atoms with van der Waals surface area (Å²) < 4.78 is 18.1. The van der Waals surface area contributed by atoms with Crippen LogP contribution in [0, 0.1) is 46.3 Å². The fourth-order valence-electron chi connectivity index (χ4n) is 9.85. The molecule has 0 amide bonds. The van der Waals surface area contributed by atoms with Gasteiger partial charge in [0.05, 0.1) is 19.6 Å². The van der Waals surface area contributed by atoms with E-state index in [1.54, 1.807) is 0 Å². The summed E-state index contributed by atoms with van der Waals surface area (Å²) in [6.45, 7) is 8.86. The lowest BCUT2D eigenvalue weighted by Gasteiger charge is -2.64. The van der Waals surface area contributed by atoms with Gasteiger partial charge in [0.15, 0.2) is 0 Å². The summed E-state index contributed by atoms with van der Waals surface area (Å²) in [5.74, 6) is 0.646. The zero-order valence-corrected chi connectivity index (χ0v) is 25.1. The molecule has 0 radical (unpaired) electrons. The van der Waals surface area contributed by atoms with Crippen molar-refractivity contribution in [2.45, 2.75) is 110 Å². The molecule has 4 fully saturated rings. The number of rotatable bonds is 10. The van der Waals surface area contributed by atoms with Gasteiger partial charge in [0.25, 0.3) is 0 Å². The van der Waals surface area contributed by atoms with Crippen molar-refractivity contribution in [1.29, 1.82) is 0 Å². The van der Waals surface area contributed by atoms with Crippen LogP contribution in [0.2, 0.25) is 0 Å². The van der Waals surface area contributed by atoms with E-state index in [9.17, 15) is 14.4 Å². The molecule has 40 heavy (non-hydrogen) atoms. The minimum Gasteiger partial charge on any atom is -0.461 e. The first-order valence-corrected chi connectivity index (χ1v) is 15.7. The maximum Gasteiger partial charge on any atom is 0.319 e. The Kier molecular flexibility index (Phi) is 9.88. The van der Waals surface area contributed by atoms with Crippen LogP contribution in [0.4, 0.5) is 0 Å². The number of ether oxygens (including phenoxy) is 3. The highest BCUT2D eigenvalue weighted by atomic mass is 16.6. The fraction of sp³-hybridized carbons (Fsp3) is 0.903. The molecule has 11 atom stereocenters. The van der Waals surface area contributed by atoms with Crippen molar-refractivity contribution in [3.63, 3.8) is 0 Å². The molecule has 0 saturated heterocycles. The molecule has 9 nitrogen and oxygen atoms in total. The molecule has 4 aliphatic rings. The zero-order chi connectivity index (χ0) is 29.2. The fourth-order valence-corrected chi connectivity index (χ4v) is 9.85. The van der Waals surface area contributed by atoms with E-state index in [0.717, 1.165) is 51.4 Å². The normalized spacial score (nSPS) is 41.2. The van der Waals surface area contributed by atoms with Crippen LogP contribution >= 0.6 is 0 Å². The molecular formula is C31H53N3O6. The van der Waals surface area contributed by atoms with Gasteiger partial charge in [-0.2, -0.15) is 0 Å². The van der Waals surface area contributed by atoms with Crippen LogP contribution in [0.3, 0.4) is 0 Å². The number of esters is 3. The van der Waals surface area contributed by atoms with E-state index in [1.807, 2.05) is 0 Å². The van der Waals surface area contributed by atoms with E-state index in [1.165, 1.54) is 6.42 Å². The molecule has 0 aromatic carbocycles. The molecule has 4 rings (SSSR count). The Balaban J connectivity index is 1.72. The molecule has 0 aliphatic heterocycles. The second kappa shape index (κ2) is 12.7. The summed E-state index contributed by atoms with van der Waals surface area (Å²) in [7, 11) is 0. The van der Waals surface area contributed by atoms with Crippen molar-refractivity contribution in [2.75, 3.05) is 19.6 Å². The van der Waals surface area contributed by atoms with Gasteiger partial charge >= 0.3 is 17.9 Å². The Labute approximate surface area is 240 Å². The maximum atomic E-state index is 12.7. The number of hydrogen-bond acceptors (Lipinski definition) is 9. The first-order valence-electron chi connectivity index (χ1n) is 15.7. The number of carbonyl (C=O) groups is 3. The summed E-state index contributed by atoms with van der Waals surface area (Å²) >= 11 is 0. The number of nitrogens with two attached hydrogens (primary N) is 3. The standard InChI is InChI=1S/C31H53N3O6/c1-5-6-7-18(2)21-8-9-22-29-23(14-25(31(21,22)4)40-28(37)17-34)30(3)11-10-20(38-26(35)15-32)12-19(30)13-24(29)39-27(36)16-33/h18-25,29H,5-17,32-34H2,1-4H3/t18-,19+,20-,21-,22+,23+,24-,25+,29+,30+,31-/m1/s1. The van der Waals surface area contributed by atoms with E-state index in [2.05, 4.69) is 27.7 Å².